The van der Waals surface area contributed by atoms with E-state index < -0.39 is 11.9 Å². The standard InChI is InChI=1S/C19H20Cl2N4O3S/c1-11(17(27)23-18-14(16(22)26)4-9-29-18)24-5-7-25(8-6-24)19(28)13-3-2-12(20)10-15(13)21/h2-4,9-11H,5-8H2,1H3,(H2,22,26)(H,23,27). The van der Waals surface area contributed by atoms with Gasteiger partial charge in [-0.1, -0.05) is 23.2 Å². The van der Waals surface area contributed by atoms with Crippen molar-refractivity contribution < 1.29 is 14.4 Å². The molecule has 3 rings (SSSR count). The molecule has 3 N–H and O–H groups in total. The van der Waals surface area contributed by atoms with Crippen LogP contribution in [0, 0.1) is 0 Å². The first-order chi connectivity index (χ1) is 13.8. The minimum Gasteiger partial charge on any atom is -0.366 e. The van der Waals surface area contributed by atoms with Crippen molar-refractivity contribution in [3.63, 3.8) is 0 Å². The van der Waals surface area contributed by atoms with Crippen molar-refractivity contribution in [2.75, 3.05) is 31.5 Å². The van der Waals surface area contributed by atoms with E-state index in [1.807, 2.05) is 4.90 Å². The fourth-order valence-corrected chi connectivity index (χ4v) is 4.41. The summed E-state index contributed by atoms with van der Waals surface area (Å²) in [5.74, 6) is -0.967. The number of thiophene rings is 1. The van der Waals surface area contributed by atoms with Crippen molar-refractivity contribution in [3.05, 3.63) is 50.8 Å². The predicted octanol–water partition coefficient (Wildman–Crippen LogP) is 2.94. The van der Waals surface area contributed by atoms with Gasteiger partial charge in [0.15, 0.2) is 0 Å². The Bertz CT molecular complexity index is 941. The van der Waals surface area contributed by atoms with Crippen molar-refractivity contribution in [3.8, 4) is 0 Å². The van der Waals surface area contributed by atoms with Crippen LogP contribution < -0.4 is 11.1 Å². The van der Waals surface area contributed by atoms with Gasteiger partial charge in [0, 0.05) is 31.2 Å². The van der Waals surface area contributed by atoms with E-state index in [2.05, 4.69) is 5.32 Å². The Labute approximate surface area is 182 Å². The largest absolute Gasteiger partial charge is 0.366 e. The topological polar surface area (TPSA) is 95.7 Å². The molecular weight excluding hydrogens is 435 g/mol. The van der Waals surface area contributed by atoms with Crippen molar-refractivity contribution in [1.82, 2.24) is 9.80 Å². The molecule has 0 saturated carbocycles. The zero-order chi connectivity index (χ0) is 21.1. The molecule has 1 atom stereocenters. The first-order valence-corrected chi connectivity index (χ1v) is 10.6. The first kappa shape index (κ1) is 21.6. The van der Waals surface area contributed by atoms with Crippen LogP contribution in [0.1, 0.15) is 27.6 Å². The number of nitrogens with zero attached hydrogens (tertiary/aromatic N) is 2. The lowest BCUT2D eigenvalue weighted by molar-refractivity contribution is -0.121. The molecule has 1 unspecified atom stereocenters. The number of carbonyl (C=O) groups is 3. The normalized spacial score (nSPS) is 15.8. The van der Waals surface area contributed by atoms with Gasteiger partial charge in [-0.3, -0.25) is 19.3 Å². The number of halogens is 2. The third-order valence-electron chi connectivity index (χ3n) is 4.86. The number of carbonyl (C=O) groups excluding carboxylic acids is 3. The number of hydrogen-bond donors (Lipinski definition) is 2. The molecule has 154 valence electrons. The third-order valence-corrected chi connectivity index (χ3v) is 6.24. The predicted molar refractivity (Wildman–Crippen MR) is 115 cm³/mol. The van der Waals surface area contributed by atoms with Gasteiger partial charge in [-0.05, 0) is 36.6 Å². The first-order valence-electron chi connectivity index (χ1n) is 8.94. The van der Waals surface area contributed by atoms with E-state index in [0.29, 0.717) is 52.4 Å². The maximum Gasteiger partial charge on any atom is 0.255 e. The SMILES string of the molecule is CC(C(=O)Nc1sccc1C(N)=O)N1CCN(C(=O)c2ccc(Cl)cc2Cl)CC1. The van der Waals surface area contributed by atoms with Crippen LogP contribution in [0.5, 0.6) is 0 Å². The molecule has 1 aliphatic rings. The van der Waals surface area contributed by atoms with Crippen molar-refractivity contribution in [2.24, 2.45) is 5.73 Å². The van der Waals surface area contributed by atoms with Gasteiger partial charge >= 0.3 is 0 Å². The summed E-state index contributed by atoms with van der Waals surface area (Å²) in [6, 6.07) is 5.96. The second kappa shape index (κ2) is 9.13. The molecular formula is C19H20Cl2N4O3S. The smallest absolute Gasteiger partial charge is 0.255 e. The number of nitrogens with one attached hydrogen (secondary N) is 1. The van der Waals surface area contributed by atoms with E-state index in [1.54, 1.807) is 41.5 Å². The Morgan fingerprint density at radius 3 is 2.41 bits per heavy atom. The molecule has 1 aliphatic heterocycles. The van der Waals surface area contributed by atoms with Gasteiger partial charge < -0.3 is 16.0 Å². The summed E-state index contributed by atoms with van der Waals surface area (Å²) >= 11 is 13.3. The van der Waals surface area contributed by atoms with E-state index in [-0.39, 0.29) is 11.8 Å². The fourth-order valence-electron chi connectivity index (χ4n) is 3.13. The minimum atomic E-state index is -0.581. The summed E-state index contributed by atoms with van der Waals surface area (Å²) in [7, 11) is 0. The number of hydrogen-bond acceptors (Lipinski definition) is 5. The van der Waals surface area contributed by atoms with Crippen LogP contribution in [-0.4, -0.2) is 59.7 Å². The molecule has 0 aliphatic carbocycles. The molecule has 0 bridgehead atoms. The van der Waals surface area contributed by atoms with Gasteiger partial charge in [-0.2, -0.15) is 0 Å². The van der Waals surface area contributed by atoms with Gasteiger partial charge in [0.25, 0.3) is 11.8 Å². The summed E-state index contributed by atoms with van der Waals surface area (Å²) in [5.41, 5.74) is 6.02. The minimum absolute atomic E-state index is 0.159. The lowest BCUT2D eigenvalue weighted by Gasteiger charge is -2.37. The van der Waals surface area contributed by atoms with Crippen molar-refractivity contribution >= 4 is 57.3 Å². The number of rotatable bonds is 5. The van der Waals surface area contributed by atoms with Crippen LogP contribution in [0.15, 0.2) is 29.6 Å². The molecule has 0 radical (unpaired) electrons. The highest BCUT2D eigenvalue weighted by Crippen LogP contribution is 2.24. The number of nitrogens with two attached hydrogens (primary N) is 1. The Hall–Kier alpha value is -2.13. The van der Waals surface area contributed by atoms with Gasteiger partial charge in [0.05, 0.1) is 22.2 Å². The second-order valence-electron chi connectivity index (χ2n) is 6.65. The lowest BCUT2D eigenvalue weighted by Crippen LogP contribution is -2.54. The molecule has 7 nitrogen and oxygen atoms in total. The van der Waals surface area contributed by atoms with E-state index in [4.69, 9.17) is 28.9 Å². The van der Waals surface area contributed by atoms with E-state index in [0.717, 1.165) is 0 Å². The molecule has 1 aromatic heterocycles. The maximum absolute atomic E-state index is 12.7. The van der Waals surface area contributed by atoms with Crippen LogP contribution in [0.2, 0.25) is 10.0 Å². The molecule has 1 fully saturated rings. The number of benzene rings is 1. The zero-order valence-corrected chi connectivity index (χ0v) is 18.0. The Balaban J connectivity index is 1.58. The third kappa shape index (κ3) is 4.90. The highest BCUT2D eigenvalue weighted by atomic mass is 35.5. The molecule has 1 saturated heterocycles. The van der Waals surface area contributed by atoms with Gasteiger partial charge in [0.2, 0.25) is 5.91 Å². The highest BCUT2D eigenvalue weighted by Gasteiger charge is 2.29. The van der Waals surface area contributed by atoms with Gasteiger partial charge in [-0.15, -0.1) is 11.3 Å². The monoisotopic (exact) mass is 454 g/mol. The Morgan fingerprint density at radius 2 is 1.79 bits per heavy atom. The summed E-state index contributed by atoms with van der Waals surface area (Å²) in [4.78, 5) is 40.4. The zero-order valence-electron chi connectivity index (χ0n) is 15.7. The lowest BCUT2D eigenvalue weighted by atomic mass is 10.1. The number of primary amides is 1. The van der Waals surface area contributed by atoms with E-state index in [9.17, 15) is 14.4 Å². The quantitative estimate of drug-likeness (QED) is 0.725. The van der Waals surface area contributed by atoms with Crippen LogP contribution in [-0.2, 0) is 4.79 Å². The molecule has 1 aromatic carbocycles. The molecule has 2 aromatic rings. The van der Waals surface area contributed by atoms with Gasteiger partial charge in [-0.25, -0.2) is 0 Å². The summed E-state index contributed by atoms with van der Waals surface area (Å²) < 4.78 is 0. The molecule has 0 spiro atoms. The molecule has 10 heteroatoms. The molecule has 2 heterocycles. The van der Waals surface area contributed by atoms with Crippen LogP contribution >= 0.6 is 34.5 Å². The summed E-state index contributed by atoms with van der Waals surface area (Å²) in [6.45, 7) is 3.82. The fraction of sp³-hybridized carbons (Fsp3) is 0.316. The maximum atomic E-state index is 12.7. The van der Waals surface area contributed by atoms with Crippen LogP contribution in [0.4, 0.5) is 5.00 Å². The van der Waals surface area contributed by atoms with Crippen molar-refractivity contribution in [1.29, 1.82) is 0 Å². The number of amides is 3. The average Bonchev–Trinajstić information content (AvgIpc) is 3.15. The van der Waals surface area contributed by atoms with Crippen LogP contribution in [0.3, 0.4) is 0 Å². The summed E-state index contributed by atoms with van der Waals surface area (Å²) in [6.07, 6.45) is 0. The summed E-state index contributed by atoms with van der Waals surface area (Å²) in [5, 5.41) is 5.71. The number of piperazine rings is 1. The van der Waals surface area contributed by atoms with Gasteiger partial charge in [0.1, 0.15) is 5.00 Å². The highest BCUT2D eigenvalue weighted by molar-refractivity contribution is 7.14. The number of anilines is 1. The van der Waals surface area contributed by atoms with Crippen LogP contribution in [0.25, 0.3) is 0 Å². The molecule has 3 amide bonds. The molecule has 29 heavy (non-hydrogen) atoms. The Morgan fingerprint density at radius 1 is 1.10 bits per heavy atom. The van der Waals surface area contributed by atoms with Crippen molar-refractivity contribution in [2.45, 2.75) is 13.0 Å². The second-order valence-corrected chi connectivity index (χ2v) is 8.40. The Kier molecular flexibility index (Phi) is 6.79. The average molecular weight is 455 g/mol. The van der Waals surface area contributed by atoms with E-state index >= 15 is 0 Å². The van der Waals surface area contributed by atoms with E-state index in [1.165, 1.54) is 11.3 Å².